The van der Waals surface area contributed by atoms with Crippen molar-refractivity contribution in [1.82, 2.24) is 9.97 Å². The second-order valence-electron chi connectivity index (χ2n) is 4.85. The molecular weight excluding hydrogens is 349 g/mol. The number of halogens is 4. The van der Waals surface area contributed by atoms with E-state index in [9.17, 15) is 18.3 Å². The van der Waals surface area contributed by atoms with Crippen LogP contribution in [-0.4, -0.2) is 34.5 Å². The highest BCUT2D eigenvalue weighted by molar-refractivity contribution is 6.30. The van der Waals surface area contributed by atoms with E-state index >= 15 is 0 Å². The third kappa shape index (κ3) is 4.34. The van der Waals surface area contributed by atoms with Gasteiger partial charge >= 0.3 is 6.18 Å². The summed E-state index contributed by atoms with van der Waals surface area (Å²) in [7, 11) is 1.25. The summed E-state index contributed by atoms with van der Waals surface area (Å²) in [5, 5.41) is 10.1. The van der Waals surface area contributed by atoms with Gasteiger partial charge in [-0.2, -0.15) is 13.2 Å². The largest absolute Gasteiger partial charge is 0.463 e. The van der Waals surface area contributed by atoms with Crippen LogP contribution in [-0.2, 0) is 4.74 Å². The fourth-order valence-corrected chi connectivity index (χ4v) is 1.87. The molecule has 5 nitrogen and oxygen atoms in total. The Morgan fingerprint density at radius 3 is 2.38 bits per heavy atom. The molecule has 0 amide bonds. The van der Waals surface area contributed by atoms with Crippen LogP contribution in [0.15, 0.2) is 30.5 Å². The van der Waals surface area contributed by atoms with E-state index in [0.29, 0.717) is 10.6 Å². The molecular formula is C15H14ClF3N2O3. The standard InChI is InChI=1S/C15H14ClF3N2O3/c1-8(15(17,18)19)24-13-12(9-3-5-10(16)6-4-9)21-11(7-20-13)14(22)23-2/h3-8,14,22H,1-2H3/t8-,14?/m0/s1. The Morgan fingerprint density at radius 2 is 1.83 bits per heavy atom. The van der Waals surface area contributed by atoms with Crippen molar-refractivity contribution in [2.75, 3.05) is 7.11 Å². The molecule has 1 aromatic carbocycles. The van der Waals surface area contributed by atoms with Gasteiger partial charge < -0.3 is 14.6 Å². The van der Waals surface area contributed by atoms with E-state index in [1.807, 2.05) is 0 Å². The highest BCUT2D eigenvalue weighted by atomic mass is 35.5. The van der Waals surface area contributed by atoms with E-state index in [4.69, 9.17) is 21.1 Å². The van der Waals surface area contributed by atoms with E-state index < -0.39 is 18.6 Å². The van der Waals surface area contributed by atoms with Crippen LogP contribution in [0.4, 0.5) is 13.2 Å². The van der Waals surface area contributed by atoms with E-state index in [1.165, 1.54) is 7.11 Å². The predicted molar refractivity (Wildman–Crippen MR) is 80.6 cm³/mol. The van der Waals surface area contributed by atoms with Crippen molar-refractivity contribution in [2.45, 2.75) is 25.5 Å². The van der Waals surface area contributed by atoms with Gasteiger partial charge in [0.1, 0.15) is 11.4 Å². The molecule has 2 rings (SSSR count). The maximum Gasteiger partial charge on any atom is 0.425 e. The second-order valence-corrected chi connectivity index (χ2v) is 5.28. The van der Waals surface area contributed by atoms with Crippen LogP contribution in [0.2, 0.25) is 5.02 Å². The Hall–Kier alpha value is -1.90. The summed E-state index contributed by atoms with van der Waals surface area (Å²) >= 11 is 5.81. The number of ether oxygens (including phenoxy) is 2. The number of methoxy groups -OCH3 is 1. The molecule has 1 heterocycles. The molecule has 0 saturated heterocycles. The fourth-order valence-electron chi connectivity index (χ4n) is 1.75. The minimum Gasteiger partial charge on any atom is -0.463 e. The van der Waals surface area contributed by atoms with Gasteiger partial charge in [0, 0.05) is 17.7 Å². The first-order valence-electron chi connectivity index (χ1n) is 6.79. The van der Waals surface area contributed by atoms with Crippen molar-refractivity contribution >= 4 is 11.6 Å². The molecule has 2 atom stereocenters. The van der Waals surface area contributed by atoms with Gasteiger partial charge in [-0.1, -0.05) is 23.7 Å². The third-order valence-corrected chi connectivity index (χ3v) is 3.35. The lowest BCUT2D eigenvalue weighted by Crippen LogP contribution is -2.31. The molecule has 0 saturated carbocycles. The van der Waals surface area contributed by atoms with Gasteiger partial charge in [-0.05, 0) is 19.1 Å². The number of hydrogen-bond acceptors (Lipinski definition) is 5. The zero-order chi connectivity index (χ0) is 17.9. The van der Waals surface area contributed by atoms with E-state index in [1.54, 1.807) is 24.3 Å². The normalized spacial score (nSPS) is 14.3. The lowest BCUT2D eigenvalue weighted by atomic mass is 10.1. The van der Waals surface area contributed by atoms with Crippen molar-refractivity contribution in [3.63, 3.8) is 0 Å². The van der Waals surface area contributed by atoms with Gasteiger partial charge in [-0.3, -0.25) is 0 Å². The summed E-state index contributed by atoms with van der Waals surface area (Å²) < 4.78 is 47.8. The average molecular weight is 363 g/mol. The van der Waals surface area contributed by atoms with Crippen LogP contribution >= 0.6 is 11.6 Å². The van der Waals surface area contributed by atoms with E-state index in [0.717, 1.165) is 13.1 Å². The topological polar surface area (TPSA) is 64.5 Å². The first-order chi connectivity index (χ1) is 11.2. The van der Waals surface area contributed by atoms with Gasteiger partial charge in [-0.25, -0.2) is 9.97 Å². The molecule has 1 aromatic heterocycles. The van der Waals surface area contributed by atoms with Crippen LogP contribution in [0.1, 0.15) is 18.9 Å². The van der Waals surface area contributed by atoms with Gasteiger partial charge in [-0.15, -0.1) is 0 Å². The second kappa shape index (κ2) is 7.33. The molecule has 0 spiro atoms. The molecule has 130 valence electrons. The molecule has 2 aromatic rings. The lowest BCUT2D eigenvalue weighted by molar-refractivity contribution is -0.189. The highest BCUT2D eigenvalue weighted by Crippen LogP contribution is 2.32. The van der Waals surface area contributed by atoms with Crippen LogP contribution in [0.25, 0.3) is 11.3 Å². The molecule has 0 bridgehead atoms. The Balaban J connectivity index is 2.47. The van der Waals surface area contributed by atoms with E-state index in [2.05, 4.69) is 9.97 Å². The Morgan fingerprint density at radius 1 is 1.21 bits per heavy atom. The summed E-state index contributed by atoms with van der Waals surface area (Å²) in [6.45, 7) is 0.866. The average Bonchev–Trinajstić information content (AvgIpc) is 2.54. The first kappa shape index (κ1) is 18.4. The van der Waals surface area contributed by atoms with Crippen molar-refractivity contribution in [3.05, 3.63) is 41.2 Å². The van der Waals surface area contributed by atoms with E-state index in [-0.39, 0.29) is 17.3 Å². The van der Waals surface area contributed by atoms with Gasteiger partial charge in [0.05, 0.1) is 6.20 Å². The van der Waals surface area contributed by atoms with Crippen molar-refractivity contribution in [1.29, 1.82) is 0 Å². The molecule has 0 radical (unpaired) electrons. The van der Waals surface area contributed by atoms with Gasteiger partial charge in [0.2, 0.25) is 5.88 Å². The maximum atomic E-state index is 12.7. The zero-order valence-electron chi connectivity index (χ0n) is 12.7. The monoisotopic (exact) mass is 362 g/mol. The maximum absolute atomic E-state index is 12.7. The number of aliphatic hydroxyl groups excluding tert-OH is 1. The quantitative estimate of drug-likeness (QED) is 0.820. The Kier molecular flexibility index (Phi) is 5.63. The lowest BCUT2D eigenvalue weighted by Gasteiger charge is -2.19. The molecule has 0 aliphatic carbocycles. The summed E-state index contributed by atoms with van der Waals surface area (Å²) in [6, 6.07) is 6.21. The molecule has 0 aliphatic heterocycles. The van der Waals surface area contributed by atoms with Crippen LogP contribution < -0.4 is 4.74 Å². The number of nitrogens with zero attached hydrogens (tertiary/aromatic N) is 2. The van der Waals surface area contributed by atoms with Crippen molar-refractivity contribution in [3.8, 4) is 17.1 Å². The number of rotatable bonds is 5. The van der Waals surface area contributed by atoms with Crippen LogP contribution in [0, 0.1) is 0 Å². The molecule has 1 unspecified atom stereocenters. The number of benzene rings is 1. The first-order valence-corrected chi connectivity index (χ1v) is 7.17. The highest BCUT2D eigenvalue weighted by Gasteiger charge is 2.39. The zero-order valence-corrected chi connectivity index (χ0v) is 13.5. The SMILES string of the molecule is COC(O)c1cnc(O[C@@H](C)C(F)(F)F)c(-c2ccc(Cl)cc2)n1. The smallest absolute Gasteiger partial charge is 0.425 e. The molecule has 24 heavy (non-hydrogen) atoms. The summed E-state index contributed by atoms with van der Waals surface area (Å²) in [6.07, 6.45) is -6.90. The van der Waals surface area contributed by atoms with Crippen LogP contribution in [0.5, 0.6) is 5.88 Å². The summed E-state index contributed by atoms with van der Waals surface area (Å²) in [5.41, 5.74) is 0.507. The minimum absolute atomic E-state index is 0.0365. The molecule has 0 aliphatic rings. The van der Waals surface area contributed by atoms with Gasteiger partial charge in [0.25, 0.3) is 0 Å². The number of aromatic nitrogens is 2. The number of alkyl halides is 3. The predicted octanol–water partition coefficient (Wildman–Crippen LogP) is 3.76. The van der Waals surface area contributed by atoms with Crippen molar-refractivity contribution in [2.24, 2.45) is 0 Å². The Bertz CT molecular complexity index is 695. The molecule has 1 N–H and O–H groups in total. The minimum atomic E-state index is -4.55. The number of aliphatic hydroxyl groups is 1. The molecule has 9 heteroatoms. The van der Waals surface area contributed by atoms with Gasteiger partial charge in [0.15, 0.2) is 12.4 Å². The van der Waals surface area contributed by atoms with Crippen LogP contribution in [0.3, 0.4) is 0 Å². The fraction of sp³-hybridized carbons (Fsp3) is 0.333. The number of hydrogen-bond donors (Lipinski definition) is 1. The summed E-state index contributed by atoms with van der Waals surface area (Å²) in [4.78, 5) is 7.95. The van der Waals surface area contributed by atoms with Crippen molar-refractivity contribution < 1.29 is 27.8 Å². The Labute approximate surface area is 141 Å². The third-order valence-electron chi connectivity index (χ3n) is 3.10. The summed E-state index contributed by atoms with van der Waals surface area (Å²) in [5.74, 6) is -0.311. The molecule has 0 fully saturated rings.